The van der Waals surface area contributed by atoms with Crippen LogP contribution in [0.2, 0.25) is 0 Å². The maximum atomic E-state index is 3.64. The molecule has 0 saturated heterocycles. The third-order valence-electron chi connectivity index (χ3n) is 1.37. The molecule has 0 aromatic heterocycles. The third-order valence-corrected chi connectivity index (χ3v) is 2.55. The first-order chi connectivity index (χ1) is 5.74. The number of benzene rings is 1. The van der Waals surface area contributed by atoms with E-state index in [-0.39, 0.29) is 0 Å². The maximum Gasteiger partial charge on any atom is 0.0498 e. The van der Waals surface area contributed by atoms with Gasteiger partial charge in [-0.3, -0.25) is 0 Å². The average Bonchev–Trinajstić information content (AvgIpc) is 2.07. The fourth-order valence-electron chi connectivity index (χ4n) is 0.815. The normalized spacial score (nSPS) is 9.50. The molecule has 0 spiro atoms. The molecular formula is C9H9Br2N. The van der Waals surface area contributed by atoms with Gasteiger partial charge in [0.05, 0.1) is 0 Å². The van der Waals surface area contributed by atoms with Gasteiger partial charge < -0.3 is 5.32 Å². The van der Waals surface area contributed by atoms with Gasteiger partial charge in [-0.1, -0.05) is 22.0 Å². The molecule has 64 valence electrons. The van der Waals surface area contributed by atoms with Crippen LogP contribution in [0.1, 0.15) is 0 Å². The van der Waals surface area contributed by atoms with Crippen LogP contribution in [-0.2, 0) is 0 Å². The maximum absolute atomic E-state index is 3.64. The van der Waals surface area contributed by atoms with Crippen LogP contribution in [0.5, 0.6) is 0 Å². The molecule has 1 aromatic carbocycles. The van der Waals surface area contributed by atoms with Gasteiger partial charge in [-0.2, -0.15) is 0 Å². The second-order valence-electron chi connectivity index (χ2n) is 2.29. The average molecular weight is 291 g/mol. The quantitative estimate of drug-likeness (QED) is 0.835. The van der Waals surface area contributed by atoms with E-state index in [9.17, 15) is 0 Å². The SMILES string of the molecule is C=CCNc1cc(Br)ccc1Br. The zero-order valence-corrected chi connectivity index (χ0v) is 9.65. The van der Waals surface area contributed by atoms with E-state index in [1.54, 1.807) is 0 Å². The summed E-state index contributed by atoms with van der Waals surface area (Å²) in [5, 5.41) is 3.21. The van der Waals surface area contributed by atoms with E-state index < -0.39 is 0 Å². The fraction of sp³-hybridized carbons (Fsp3) is 0.111. The highest BCUT2D eigenvalue weighted by atomic mass is 79.9. The minimum Gasteiger partial charge on any atom is -0.381 e. The van der Waals surface area contributed by atoms with Gasteiger partial charge >= 0.3 is 0 Å². The van der Waals surface area contributed by atoms with E-state index in [4.69, 9.17) is 0 Å². The van der Waals surface area contributed by atoms with Crippen LogP contribution in [0.25, 0.3) is 0 Å². The van der Waals surface area contributed by atoms with Crippen molar-refractivity contribution >= 4 is 37.5 Å². The molecule has 0 radical (unpaired) electrons. The molecule has 1 rings (SSSR count). The molecule has 0 fully saturated rings. The van der Waals surface area contributed by atoms with Crippen LogP contribution in [0.15, 0.2) is 39.8 Å². The Morgan fingerprint density at radius 2 is 2.17 bits per heavy atom. The van der Waals surface area contributed by atoms with Crippen molar-refractivity contribution in [1.82, 2.24) is 0 Å². The summed E-state index contributed by atoms with van der Waals surface area (Å²) >= 11 is 6.84. The van der Waals surface area contributed by atoms with E-state index >= 15 is 0 Å². The highest BCUT2D eigenvalue weighted by Crippen LogP contribution is 2.25. The Bertz CT molecular complexity index is 284. The van der Waals surface area contributed by atoms with Gasteiger partial charge in [0.25, 0.3) is 0 Å². The van der Waals surface area contributed by atoms with Crippen molar-refractivity contribution in [2.45, 2.75) is 0 Å². The predicted octanol–water partition coefficient (Wildman–Crippen LogP) is 3.81. The van der Waals surface area contributed by atoms with Crippen LogP contribution in [0.3, 0.4) is 0 Å². The molecule has 1 nitrogen and oxygen atoms in total. The lowest BCUT2D eigenvalue weighted by Gasteiger charge is -2.05. The molecule has 0 atom stereocenters. The first kappa shape index (κ1) is 9.81. The molecule has 0 aliphatic carbocycles. The van der Waals surface area contributed by atoms with E-state index in [0.29, 0.717) is 0 Å². The van der Waals surface area contributed by atoms with Gasteiger partial charge in [0.15, 0.2) is 0 Å². The fourth-order valence-corrected chi connectivity index (χ4v) is 1.56. The third kappa shape index (κ3) is 2.64. The highest BCUT2D eigenvalue weighted by Gasteiger charge is 1.97. The Morgan fingerprint density at radius 1 is 1.42 bits per heavy atom. The molecular weight excluding hydrogens is 282 g/mol. The van der Waals surface area contributed by atoms with Crippen LogP contribution in [-0.4, -0.2) is 6.54 Å². The van der Waals surface area contributed by atoms with E-state index in [2.05, 4.69) is 43.8 Å². The summed E-state index contributed by atoms with van der Waals surface area (Å²) in [6.07, 6.45) is 1.83. The molecule has 12 heavy (non-hydrogen) atoms. The Balaban J connectivity index is 2.82. The van der Waals surface area contributed by atoms with Crippen molar-refractivity contribution in [3.05, 3.63) is 39.8 Å². The number of hydrogen-bond acceptors (Lipinski definition) is 1. The predicted molar refractivity (Wildman–Crippen MR) is 60.5 cm³/mol. The minimum absolute atomic E-state index is 0.773. The van der Waals surface area contributed by atoms with E-state index in [1.165, 1.54) is 0 Å². The van der Waals surface area contributed by atoms with Gasteiger partial charge in [-0.25, -0.2) is 0 Å². The van der Waals surface area contributed by atoms with Crippen molar-refractivity contribution in [1.29, 1.82) is 0 Å². The van der Waals surface area contributed by atoms with Crippen LogP contribution >= 0.6 is 31.9 Å². The summed E-state index contributed by atoms with van der Waals surface area (Å²) in [6, 6.07) is 6.01. The largest absolute Gasteiger partial charge is 0.381 e. The van der Waals surface area contributed by atoms with E-state index in [0.717, 1.165) is 21.2 Å². The molecule has 0 aliphatic rings. The zero-order valence-electron chi connectivity index (χ0n) is 6.48. The second kappa shape index (κ2) is 4.67. The van der Waals surface area contributed by atoms with E-state index in [1.807, 2.05) is 24.3 Å². The number of rotatable bonds is 3. The molecule has 0 aliphatic heterocycles. The molecule has 0 saturated carbocycles. The lowest BCUT2D eigenvalue weighted by Crippen LogP contribution is -1.97. The van der Waals surface area contributed by atoms with Crippen molar-refractivity contribution in [2.75, 3.05) is 11.9 Å². The first-order valence-electron chi connectivity index (χ1n) is 3.54. The molecule has 0 heterocycles. The number of nitrogens with one attached hydrogen (secondary N) is 1. The standard InChI is InChI=1S/C9H9Br2N/c1-2-5-12-9-6-7(10)3-4-8(9)11/h2-4,6,12H,1,5H2. The number of halogens is 2. The van der Waals surface area contributed by atoms with Gasteiger partial charge in [0.2, 0.25) is 0 Å². The van der Waals surface area contributed by atoms with Crippen LogP contribution in [0.4, 0.5) is 5.69 Å². The molecule has 0 bridgehead atoms. The van der Waals surface area contributed by atoms with Crippen molar-refractivity contribution in [3.63, 3.8) is 0 Å². The van der Waals surface area contributed by atoms with Crippen molar-refractivity contribution in [3.8, 4) is 0 Å². The van der Waals surface area contributed by atoms with Crippen molar-refractivity contribution < 1.29 is 0 Å². The molecule has 1 N–H and O–H groups in total. The number of anilines is 1. The summed E-state index contributed by atoms with van der Waals surface area (Å²) in [5.41, 5.74) is 1.07. The Morgan fingerprint density at radius 3 is 2.83 bits per heavy atom. The monoisotopic (exact) mass is 289 g/mol. The molecule has 0 amide bonds. The lowest BCUT2D eigenvalue weighted by molar-refractivity contribution is 1.33. The van der Waals surface area contributed by atoms with Gasteiger partial charge in [-0.15, -0.1) is 6.58 Å². The molecule has 1 aromatic rings. The second-order valence-corrected chi connectivity index (χ2v) is 4.06. The smallest absolute Gasteiger partial charge is 0.0498 e. The minimum atomic E-state index is 0.773. The molecule has 3 heteroatoms. The van der Waals surface area contributed by atoms with Crippen LogP contribution < -0.4 is 5.32 Å². The Kier molecular flexibility index (Phi) is 3.82. The Hall–Kier alpha value is -0.280. The van der Waals surface area contributed by atoms with Gasteiger partial charge in [0.1, 0.15) is 0 Å². The summed E-state index contributed by atoms with van der Waals surface area (Å²) in [6.45, 7) is 4.41. The topological polar surface area (TPSA) is 12.0 Å². The van der Waals surface area contributed by atoms with Gasteiger partial charge in [-0.05, 0) is 34.1 Å². The van der Waals surface area contributed by atoms with Crippen molar-refractivity contribution in [2.24, 2.45) is 0 Å². The summed E-state index contributed by atoms with van der Waals surface area (Å²) in [4.78, 5) is 0. The summed E-state index contributed by atoms with van der Waals surface area (Å²) < 4.78 is 2.13. The lowest BCUT2D eigenvalue weighted by atomic mass is 10.3. The summed E-state index contributed by atoms with van der Waals surface area (Å²) in [7, 11) is 0. The zero-order chi connectivity index (χ0) is 8.97. The summed E-state index contributed by atoms with van der Waals surface area (Å²) in [5.74, 6) is 0. The Labute approximate surface area is 89.1 Å². The first-order valence-corrected chi connectivity index (χ1v) is 5.12. The molecule has 0 unspecified atom stereocenters. The number of hydrogen-bond donors (Lipinski definition) is 1. The van der Waals surface area contributed by atoms with Gasteiger partial charge in [0, 0.05) is 21.2 Å². The highest BCUT2D eigenvalue weighted by molar-refractivity contribution is 9.11. The van der Waals surface area contributed by atoms with Crippen LogP contribution in [0, 0.1) is 0 Å².